The molecule has 0 aliphatic carbocycles. The highest BCUT2D eigenvalue weighted by atomic mass is 32.2. The van der Waals surface area contributed by atoms with Gasteiger partial charge in [0, 0.05) is 0 Å². The van der Waals surface area contributed by atoms with Crippen LogP contribution in [0.3, 0.4) is 0 Å². The summed E-state index contributed by atoms with van der Waals surface area (Å²) in [6.07, 6.45) is 3.68. The van der Waals surface area contributed by atoms with Crippen LogP contribution < -0.4 is 14.8 Å². The Morgan fingerprint density at radius 3 is 2.14 bits per heavy atom. The Hall–Kier alpha value is -2.31. The molecule has 1 amide bonds. The molecular weight excluding hydrogens is 390 g/mol. The topological polar surface area (TPSA) is 47.6 Å². The van der Waals surface area contributed by atoms with Crippen molar-refractivity contribution in [3.63, 3.8) is 0 Å². The van der Waals surface area contributed by atoms with Gasteiger partial charge < -0.3 is 14.8 Å². The fourth-order valence-corrected chi connectivity index (χ4v) is 3.88. The molecule has 0 aromatic heterocycles. The van der Waals surface area contributed by atoms with E-state index in [4.69, 9.17) is 21.7 Å². The third kappa shape index (κ3) is 6.11. The average Bonchev–Trinajstić information content (AvgIpc) is 2.95. The van der Waals surface area contributed by atoms with Crippen molar-refractivity contribution in [1.29, 1.82) is 0 Å². The number of hydrogen-bond acceptors (Lipinski definition) is 5. The number of thioether (sulfide) groups is 1. The van der Waals surface area contributed by atoms with Crippen molar-refractivity contribution in [2.24, 2.45) is 0 Å². The summed E-state index contributed by atoms with van der Waals surface area (Å²) in [7, 11) is 0. The normalized spacial score (nSPS) is 15.0. The van der Waals surface area contributed by atoms with Gasteiger partial charge in [0.25, 0.3) is 5.91 Å². The number of ether oxygens (including phenoxy) is 2. The van der Waals surface area contributed by atoms with Crippen LogP contribution in [0.1, 0.15) is 29.5 Å². The lowest BCUT2D eigenvalue weighted by molar-refractivity contribution is -0.115. The Kier molecular flexibility index (Phi) is 7.12. The van der Waals surface area contributed by atoms with Crippen LogP contribution in [-0.2, 0) is 4.79 Å². The van der Waals surface area contributed by atoms with E-state index in [0.717, 1.165) is 29.9 Å². The summed E-state index contributed by atoms with van der Waals surface area (Å²) in [4.78, 5) is 12.3. The van der Waals surface area contributed by atoms with Crippen molar-refractivity contribution in [2.75, 3.05) is 13.2 Å². The summed E-state index contributed by atoms with van der Waals surface area (Å²) in [5.41, 5.74) is 3.37. The molecule has 28 heavy (non-hydrogen) atoms. The standard InChI is InChI=1S/C22H23NO3S2/c1-15-11-16(2)13-19(12-15)26-10-4-3-9-25-18-7-5-17(6-8-18)14-20-21(24)23-22(27)28-20/h5-8,11-14H,3-4,9-10H2,1-2H3,(H,23,24,27). The number of carbonyl (C=O) groups is 1. The van der Waals surface area contributed by atoms with Gasteiger partial charge in [-0.15, -0.1) is 0 Å². The van der Waals surface area contributed by atoms with E-state index in [9.17, 15) is 4.79 Å². The molecule has 2 aromatic rings. The predicted molar refractivity (Wildman–Crippen MR) is 119 cm³/mol. The molecule has 1 aliphatic rings. The monoisotopic (exact) mass is 413 g/mol. The van der Waals surface area contributed by atoms with E-state index < -0.39 is 0 Å². The molecule has 1 N–H and O–H groups in total. The minimum Gasteiger partial charge on any atom is -0.494 e. The van der Waals surface area contributed by atoms with Gasteiger partial charge in [0.05, 0.1) is 18.1 Å². The number of aryl methyl sites for hydroxylation is 2. The molecule has 3 rings (SSSR count). The van der Waals surface area contributed by atoms with Crippen LogP contribution in [0.4, 0.5) is 0 Å². The lowest BCUT2D eigenvalue weighted by atomic mass is 10.1. The highest BCUT2D eigenvalue weighted by Gasteiger charge is 2.21. The lowest BCUT2D eigenvalue weighted by Gasteiger charge is -2.09. The van der Waals surface area contributed by atoms with Crippen LogP contribution in [0.15, 0.2) is 47.4 Å². The van der Waals surface area contributed by atoms with Crippen molar-refractivity contribution in [2.45, 2.75) is 26.7 Å². The Balaban J connectivity index is 1.38. The van der Waals surface area contributed by atoms with E-state index >= 15 is 0 Å². The maximum atomic E-state index is 11.7. The highest BCUT2D eigenvalue weighted by Crippen LogP contribution is 2.26. The number of amides is 1. The largest absolute Gasteiger partial charge is 0.494 e. The van der Waals surface area contributed by atoms with Crippen LogP contribution in [0, 0.1) is 13.8 Å². The van der Waals surface area contributed by atoms with Crippen molar-refractivity contribution in [1.82, 2.24) is 5.32 Å². The third-order valence-corrected chi connectivity index (χ3v) is 5.25. The minimum atomic E-state index is -0.140. The van der Waals surface area contributed by atoms with Crippen molar-refractivity contribution >= 4 is 40.3 Å². The predicted octanol–water partition coefficient (Wildman–Crippen LogP) is 5.03. The van der Waals surface area contributed by atoms with Gasteiger partial charge in [-0.3, -0.25) is 4.79 Å². The summed E-state index contributed by atoms with van der Waals surface area (Å²) in [5, 5.41) is 2.61. The molecule has 0 radical (unpaired) electrons. The van der Waals surface area contributed by atoms with Gasteiger partial charge >= 0.3 is 0 Å². The summed E-state index contributed by atoms with van der Waals surface area (Å²) in [6, 6.07) is 13.9. The maximum absolute atomic E-state index is 11.7. The molecule has 0 atom stereocenters. The molecule has 0 spiro atoms. The fraction of sp³-hybridized carbons (Fsp3) is 0.273. The molecule has 0 bridgehead atoms. The first-order chi connectivity index (χ1) is 13.5. The SMILES string of the molecule is Cc1cc(C)cc(OCCCCOc2ccc(C=C3SC(=S)NC3=O)cc2)c1. The maximum Gasteiger partial charge on any atom is 0.263 e. The van der Waals surface area contributed by atoms with E-state index in [1.807, 2.05) is 30.3 Å². The number of nitrogens with one attached hydrogen (secondary N) is 1. The van der Waals surface area contributed by atoms with E-state index in [2.05, 4.69) is 37.4 Å². The Labute approximate surface area is 175 Å². The zero-order valence-electron chi connectivity index (χ0n) is 16.0. The van der Waals surface area contributed by atoms with Gasteiger partial charge in [-0.25, -0.2) is 0 Å². The molecule has 0 unspecified atom stereocenters. The zero-order chi connectivity index (χ0) is 19.9. The molecule has 1 saturated heterocycles. The smallest absolute Gasteiger partial charge is 0.263 e. The molecular formula is C22H23NO3S2. The Morgan fingerprint density at radius 1 is 0.964 bits per heavy atom. The molecule has 6 heteroatoms. The first-order valence-electron chi connectivity index (χ1n) is 9.18. The first kappa shape index (κ1) is 20.4. The molecule has 0 saturated carbocycles. The van der Waals surface area contributed by atoms with Crippen LogP contribution in [-0.4, -0.2) is 23.4 Å². The number of unbranched alkanes of at least 4 members (excludes halogenated alkanes) is 1. The highest BCUT2D eigenvalue weighted by molar-refractivity contribution is 8.26. The van der Waals surface area contributed by atoms with Crippen LogP contribution in [0.2, 0.25) is 0 Å². The summed E-state index contributed by atoms with van der Waals surface area (Å²) < 4.78 is 12.1. The van der Waals surface area contributed by atoms with Crippen LogP contribution in [0.25, 0.3) is 6.08 Å². The Morgan fingerprint density at radius 2 is 1.57 bits per heavy atom. The van der Waals surface area contributed by atoms with E-state index in [1.165, 1.54) is 22.9 Å². The molecule has 146 valence electrons. The first-order valence-corrected chi connectivity index (χ1v) is 10.4. The quantitative estimate of drug-likeness (QED) is 0.374. The zero-order valence-corrected chi connectivity index (χ0v) is 17.6. The molecule has 2 aromatic carbocycles. The van der Waals surface area contributed by atoms with Crippen molar-refractivity contribution in [3.8, 4) is 11.5 Å². The second kappa shape index (κ2) is 9.75. The summed E-state index contributed by atoms with van der Waals surface area (Å²) in [6.45, 7) is 5.47. The van der Waals surface area contributed by atoms with E-state index in [0.29, 0.717) is 22.4 Å². The number of benzene rings is 2. The molecule has 1 heterocycles. The number of rotatable bonds is 8. The van der Waals surface area contributed by atoms with Crippen LogP contribution in [0.5, 0.6) is 11.5 Å². The van der Waals surface area contributed by atoms with Crippen LogP contribution >= 0.6 is 24.0 Å². The van der Waals surface area contributed by atoms with Crippen molar-refractivity contribution < 1.29 is 14.3 Å². The van der Waals surface area contributed by atoms with E-state index in [-0.39, 0.29) is 5.91 Å². The fourth-order valence-electron chi connectivity index (χ4n) is 2.83. The Bertz CT molecular complexity index is 871. The van der Waals surface area contributed by atoms with Gasteiger partial charge in [0.15, 0.2) is 0 Å². The second-order valence-electron chi connectivity index (χ2n) is 6.65. The average molecular weight is 414 g/mol. The minimum absolute atomic E-state index is 0.140. The summed E-state index contributed by atoms with van der Waals surface area (Å²) in [5.74, 6) is 1.60. The molecule has 4 nitrogen and oxygen atoms in total. The number of carbonyl (C=O) groups excluding carboxylic acids is 1. The van der Waals surface area contributed by atoms with Gasteiger partial charge in [-0.1, -0.05) is 42.2 Å². The lowest BCUT2D eigenvalue weighted by Crippen LogP contribution is -2.17. The second-order valence-corrected chi connectivity index (χ2v) is 8.37. The van der Waals surface area contributed by atoms with Gasteiger partial charge in [0.2, 0.25) is 0 Å². The van der Waals surface area contributed by atoms with Gasteiger partial charge in [-0.05, 0) is 73.7 Å². The third-order valence-electron chi connectivity index (χ3n) is 4.09. The molecule has 1 fully saturated rings. The number of hydrogen-bond donors (Lipinski definition) is 1. The van der Waals surface area contributed by atoms with Gasteiger partial charge in [-0.2, -0.15) is 0 Å². The molecule has 1 aliphatic heterocycles. The van der Waals surface area contributed by atoms with Crippen molar-refractivity contribution in [3.05, 3.63) is 64.1 Å². The van der Waals surface area contributed by atoms with Gasteiger partial charge in [0.1, 0.15) is 15.8 Å². The van der Waals surface area contributed by atoms with E-state index in [1.54, 1.807) is 0 Å². The number of thiocarbonyl (C=S) groups is 1. The summed E-state index contributed by atoms with van der Waals surface area (Å²) >= 11 is 6.27.